The van der Waals surface area contributed by atoms with Crippen LogP contribution in [0.3, 0.4) is 0 Å². The highest BCUT2D eigenvalue weighted by atomic mass is 35.5. The van der Waals surface area contributed by atoms with Crippen molar-refractivity contribution in [2.24, 2.45) is 0 Å². The Morgan fingerprint density at radius 3 is 2.50 bits per heavy atom. The highest BCUT2D eigenvalue weighted by Gasteiger charge is 2.25. The molecule has 1 aromatic heterocycles. The summed E-state index contributed by atoms with van der Waals surface area (Å²) in [6.07, 6.45) is 1.21. The molecule has 2 heterocycles. The van der Waals surface area contributed by atoms with Crippen molar-refractivity contribution in [3.63, 3.8) is 0 Å². The van der Waals surface area contributed by atoms with Crippen molar-refractivity contribution < 1.29 is 17.5 Å². The monoisotopic (exact) mass is 399 g/mol. The van der Waals surface area contributed by atoms with Gasteiger partial charge < -0.3 is 4.74 Å². The van der Waals surface area contributed by atoms with E-state index in [1.807, 2.05) is 0 Å². The summed E-state index contributed by atoms with van der Waals surface area (Å²) in [7, 11) is -3.73. The molecule has 1 aliphatic rings. The van der Waals surface area contributed by atoms with Crippen LogP contribution in [0.5, 0.6) is 0 Å². The largest absolute Gasteiger partial charge is 0.379 e. The third-order valence-electron chi connectivity index (χ3n) is 4.22. The van der Waals surface area contributed by atoms with E-state index in [1.165, 1.54) is 30.5 Å². The summed E-state index contributed by atoms with van der Waals surface area (Å²) >= 11 is 5.71. The van der Waals surface area contributed by atoms with E-state index in [9.17, 15) is 12.8 Å². The van der Waals surface area contributed by atoms with Crippen molar-refractivity contribution in [1.82, 2.24) is 14.6 Å². The Kier molecular flexibility index (Phi) is 6.20. The minimum absolute atomic E-state index is 0.0433. The Bertz CT molecular complexity index is 825. The molecule has 1 aliphatic heterocycles. The number of hydrogen-bond acceptors (Lipinski definition) is 5. The average molecular weight is 400 g/mol. The molecule has 1 fully saturated rings. The molecule has 1 N–H and O–H groups in total. The molecule has 6 nitrogen and oxygen atoms in total. The third kappa shape index (κ3) is 4.77. The fraction of sp³-hybridized carbons (Fsp3) is 0.353. The SMILES string of the molecule is O=S(=O)(NCC(c1ccc(F)cc1)N1CCOCC1)c1ccc(Cl)nc1. The number of ether oxygens (including phenoxy) is 1. The zero-order valence-corrected chi connectivity index (χ0v) is 15.5. The summed E-state index contributed by atoms with van der Waals surface area (Å²) in [5.74, 6) is -0.331. The van der Waals surface area contributed by atoms with Crippen molar-refractivity contribution in [1.29, 1.82) is 0 Å². The van der Waals surface area contributed by atoms with Gasteiger partial charge in [0, 0.05) is 31.9 Å². The van der Waals surface area contributed by atoms with E-state index >= 15 is 0 Å². The molecule has 0 aliphatic carbocycles. The number of benzene rings is 1. The maximum Gasteiger partial charge on any atom is 0.242 e. The lowest BCUT2D eigenvalue weighted by Gasteiger charge is -2.34. The van der Waals surface area contributed by atoms with Crippen molar-refractivity contribution in [3.8, 4) is 0 Å². The van der Waals surface area contributed by atoms with Crippen molar-refractivity contribution in [3.05, 3.63) is 59.1 Å². The van der Waals surface area contributed by atoms with E-state index in [0.717, 1.165) is 5.56 Å². The molecule has 140 valence electrons. The standard InChI is InChI=1S/C17H19ClFN3O3S/c18-17-6-5-15(11-20-17)26(23,24)21-12-16(22-7-9-25-10-8-22)13-1-3-14(19)4-2-13/h1-6,11,16,21H,7-10,12H2. The van der Waals surface area contributed by atoms with Gasteiger partial charge in [-0.3, -0.25) is 4.90 Å². The molecule has 0 bridgehead atoms. The Hall–Kier alpha value is -1.58. The van der Waals surface area contributed by atoms with Crippen LogP contribution in [-0.2, 0) is 14.8 Å². The first kappa shape index (κ1) is 19.2. The van der Waals surface area contributed by atoms with Gasteiger partial charge >= 0.3 is 0 Å². The molecule has 26 heavy (non-hydrogen) atoms. The van der Waals surface area contributed by atoms with Gasteiger partial charge in [0.25, 0.3) is 0 Å². The first-order valence-electron chi connectivity index (χ1n) is 8.14. The lowest BCUT2D eigenvalue weighted by atomic mass is 10.0. The molecule has 3 rings (SSSR count). The van der Waals surface area contributed by atoms with Gasteiger partial charge in [0.1, 0.15) is 15.9 Å². The summed E-state index contributed by atoms with van der Waals surface area (Å²) in [6.45, 7) is 2.65. The minimum atomic E-state index is -3.73. The molecule has 1 atom stereocenters. The summed E-state index contributed by atoms with van der Waals surface area (Å²) in [5.41, 5.74) is 0.838. The summed E-state index contributed by atoms with van der Waals surface area (Å²) in [4.78, 5) is 5.98. The normalized spacial score (nSPS) is 17.2. The Labute approximate surface area is 157 Å². The topological polar surface area (TPSA) is 71.5 Å². The fourth-order valence-corrected chi connectivity index (χ4v) is 3.92. The van der Waals surface area contributed by atoms with Crippen LogP contribution in [0.4, 0.5) is 4.39 Å². The van der Waals surface area contributed by atoms with E-state index in [-0.39, 0.29) is 28.5 Å². The second-order valence-corrected chi connectivity index (χ2v) is 8.04. The van der Waals surface area contributed by atoms with Crippen LogP contribution in [-0.4, -0.2) is 51.1 Å². The van der Waals surface area contributed by atoms with Crippen molar-refractivity contribution >= 4 is 21.6 Å². The Balaban J connectivity index is 1.78. The van der Waals surface area contributed by atoms with Crippen LogP contribution >= 0.6 is 11.6 Å². The summed E-state index contributed by atoms with van der Waals surface area (Å²) < 4.78 is 46.3. The Morgan fingerprint density at radius 1 is 1.19 bits per heavy atom. The third-order valence-corrected chi connectivity index (χ3v) is 5.85. The zero-order chi connectivity index (χ0) is 18.6. The highest BCUT2D eigenvalue weighted by Crippen LogP contribution is 2.22. The van der Waals surface area contributed by atoms with Crippen molar-refractivity contribution in [2.45, 2.75) is 10.9 Å². The highest BCUT2D eigenvalue weighted by molar-refractivity contribution is 7.89. The minimum Gasteiger partial charge on any atom is -0.379 e. The lowest BCUT2D eigenvalue weighted by molar-refractivity contribution is 0.0172. The van der Waals surface area contributed by atoms with Gasteiger partial charge in [0.15, 0.2) is 0 Å². The smallest absolute Gasteiger partial charge is 0.242 e. The molecule has 2 aromatic rings. The van der Waals surface area contributed by atoms with Gasteiger partial charge in [-0.05, 0) is 29.8 Å². The number of hydrogen-bond donors (Lipinski definition) is 1. The van der Waals surface area contributed by atoms with E-state index in [2.05, 4.69) is 14.6 Å². The number of halogens is 2. The molecule has 1 saturated heterocycles. The molecular formula is C17H19ClFN3O3S. The predicted molar refractivity (Wildman–Crippen MR) is 96.0 cm³/mol. The molecular weight excluding hydrogens is 381 g/mol. The number of aromatic nitrogens is 1. The maximum atomic E-state index is 13.3. The van der Waals surface area contributed by atoms with Gasteiger partial charge in [0.05, 0.1) is 13.2 Å². The van der Waals surface area contributed by atoms with Gasteiger partial charge in [-0.25, -0.2) is 22.5 Å². The van der Waals surface area contributed by atoms with E-state index < -0.39 is 10.0 Å². The second-order valence-electron chi connectivity index (χ2n) is 5.88. The van der Waals surface area contributed by atoms with Gasteiger partial charge in [-0.1, -0.05) is 23.7 Å². The number of morpholine rings is 1. The quantitative estimate of drug-likeness (QED) is 0.754. The average Bonchev–Trinajstić information content (AvgIpc) is 2.64. The number of rotatable bonds is 6. The fourth-order valence-electron chi connectivity index (χ4n) is 2.83. The predicted octanol–water partition coefficient (Wildman–Crippen LogP) is 2.23. The molecule has 0 amide bonds. The Morgan fingerprint density at radius 2 is 1.88 bits per heavy atom. The van der Waals surface area contributed by atoms with Crippen LogP contribution in [0.2, 0.25) is 5.15 Å². The van der Waals surface area contributed by atoms with Crippen LogP contribution in [0.1, 0.15) is 11.6 Å². The number of pyridine rings is 1. The maximum absolute atomic E-state index is 13.3. The number of nitrogens with one attached hydrogen (secondary N) is 1. The van der Waals surface area contributed by atoms with Crippen molar-refractivity contribution in [2.75, 3.05) is 32.8 Å². The molecule has 0 spiro atoms. The summed E-state index contributed by atoms with van der Waals surface area (Å²) in [6, 6.07) is 8.70. The van der Waals surface area contributed by atoms with Crippen LogP contribution < -0.4 is 4.72 Å². The van der Waals surface area contributed by atoms with E-state index in [1.54, 1.807) is 12.1 Å². The molecule has 1 unspecified atom stereocenters. The lowest BCUT2D eigenvalue weighted by Crippen LogP contribution is -2.43. The van der Waals surface area contributed by atoms with E-state index in [0.29, 0.717) is 26.3 Å². The molecule has 1 aromatic carbocycles. The first-order valence-corrected chi connectivity index (χ1v) is 10.0. The molecule has 0 saturated carbocycles. The summed E-state index contributed by atoms with van der Waals surface area (Å²) in [5, 5.41) is 0.224. The first-order chi connectivity index (χ1) is 12.5. The van der Waals surface area contributed by atoms with Gasteiger partial charge in [0.2, 0.25) is 10.0 Å². The second kappa shape index (κ2) is 8.41. The molecule has 0 radical (unpaired) electrons. The zero-order valence-electron chi connectivity index (χ0n) is 13.9. The number of nitrogens with zero attached hydrogens (tertiary/aromatic N) is 2. The van der Waals surface area contributed by atoms with Gasteiger partial charge in [-0.2, -0.15) is 0 Å². The van der Waals surface area contributed by atoms with Gasteiger partial charge in [-0.15, -0.1) is 0 Å². The number of sulfonamides is 1. The molecule has 9 heteroatoms. The van der Waals surface area contributed by atoms with Crippen LogP contribution in [0.15, 0.2) is 47.5 Å². The van der Waals surface area contributed by atoms with Crippen LogP contribution in [0, 0.1) is 5.82 Å². The van der Waals surface area contributed by atoms with Crippen LogP contribution in [0.25, 0.3) is 0 Å². The van der Waals surface area contributed by atoms with E-state index in [4.69, 9.17) is 16.3 Å².